The van der Waals surface area contributed by atoms with Crippen LogP contribution in [0.25, 0.3) is 0 Å². The van der Waals surface area contributed by atoms with Gasteiger partial charge >= 0.3 is 0 Å². The molecule has 0 spiro atoms. The van der Waals surface area contributed by atoms with E-state index in [0.717, 1.165) is 12.1 Å². The Labute approximate surface area is 100 Å². The Morgan fingerprint density at radius 3 is 2.88 bits per heavy atom. The van der Waals surface area contributed by atoms with Crippen molar-refractivity contribution in [2.24, 2.45) is 0 Å². The first-order valence-corrected chi connectivity index (χ1v) is 5.55. The Kier molecular flexibility index (Phi) is 2.95. The lowest BCUT2D eigenvalue weighted by Crippen LogP contribution is -2.11. The maximum Gasteiger partial charge on any atom is 0.228 e. The first-order chi connectivity index (χ1) is 8.13. The minimum Gasteiger partial charge on any atom is -0.399 e. The molecule has 0 fully saturated rings. The molecular formula is C13H15N3O. The highest BCUT2D eigenvalue weighted by atomic mass is 16.1. The fraction of sp³-hybridized carbons (Fsp3) is 0.231. The number of nitrogen functional groups attached to an aromatic ring is 1. The van der Waals surface area contributed by atoms with E-state index in [2.05, 4.69) is 4.98 Å². The maximum absolute atomic E-state index is 12.3. The van der Waals surface area contributed by atoms with Crippen LogP contribution in [-0.4, -0.2) is 15.3 Å². The zero-order valence-corrected chi connectivity index (χ0v) is 9.97. The second-order valence-corrected chi connectivity index (χ2v) is 3.94. The van der Waals surface area contributed by atoms with Gasteiger partial charge in [-0.15, -0.1) is 0 Å². The first kappa shape index (κ1) is 11.4. The smallest absolute Gasteiger partial charge is 0.228 e. The third-order valence-electron chi connectivity index (χ3n) is 2.75. The third kappa shape index (κ3) is 2.06. The minimum atomic E-state index is -0.0608. The number of hydrogen-bond acceptors (Lipinski definition) is 3. The molecule has 4 nitrogen and oxygen atoms in total. The quantitative estimate of drug-likeness (QED) is 0.647. The molecule has 4 heteroatoms. The van der Waals surface area contributed by atoms with Gasteiger partial charge in [-0.2, -0.15) is 0 Å². The lowest BCUT2D eigenvalue weighted by molar-refractivity contribution is 0.102. The fourth-order valence-electron chi connectivity index (χ4n) is 1.84. The number of rotatable bonds is 3. The topological polar surface area (TPSA) is 60.9 Å². The van der Waals surface area contributed by atoms with E-state index in [1.807, 2.05) is 18.4 Å². The van der Waals surface area contributed by atoms with Gasteiger partial charge in [-0.05, 0) is 37.6 Å². The van der Waals surface area contributed by atoms with E-state index in [0.29, 0.717) is 17.1 Å². The molecule has 17 heavy (non-hydrogen) atoms. The van der Waals surface area contributed by atoms with Crippen molar-refractivity contribution in [1.29, 1.82) is 0 Å². The van der Waals surface area contributed by atoms with E-state index in [4.69, 9.17) is 5.73 Å². The molecule has 1 heterocycles. The number of benzene rings is 1. The summed E-state index contributed by atoms with van der Waals surface area (Å²) in [6.07, 6.45) is 3.45. The molecule has 0 amide bonds. The Morgan fingerprint density at radius 1 is 1.47 bits per heavy atom. The monoisotopic (exact) mass is 229 g/mol. The van der Waals surface area contributed by atoms with Gasteiger partial charge in [0.2, 0.25) is 5.78 Å². The highest BCUT2D eigenvalue weighted by Crippen LogP contribution is 2.16. The maximum atomic E-state index is 12.3. The van der Waals surface area contributed by atoms with Crippen molar-refractivity contribution in [2.75, 3.05) is 5.73 Å². The van der Waals surface area contributed by atoms with E-state index in [9.17, 15) is 4.79 Å². The van der Waals surface area contributed by atoms with E-state index in [-0.39, 0.29) is 5.78 Å². The number of carbonyl (C=O) groups is 1. The van der Waals surface area contributed by atoms with E-state index in [1.54, 1.807) is 30.6 Å². The first-order valence-electron chi connectivity index (χ1n) is 5.55. The van der Waals surface area contributed by atoms with Crippen molar-refractivity contribution in [3.05, 3.63) is 47.5 Å². The second kappa shape index (κ2) is 4.41. The predicted octanol–water partition coefficient (Wildman–Crippen LogP) is 2.02. The summed E-state index contributed by atoms with van der Waals surface area (Å²) < 4.78 is 1.83. The molecule has 0 aliphatic rings. The van der Waals surface area contributed by atoms with Crippen LogP contribution in [0.5, 0.6) is 0 Å². The molecule has 0 radical (unpaired) electrons. The summed E-state index contributed by atoms with van der Waals surface area (Å²) in [5, 5.41) is 0. The van der Waals surface area contributed by atoms with Gasteiger partial charge in [-0.1, -0.05) is 0 Å². The summed E-state index contributed by atoms with van der Waals surface area (Å²) in [5.41, 5.74) is 7.86. The van der Waals surface area contributed by atoms with Crippen LogP contribution in [0.3, 0.4) is 0 Å². The number of nitrogens with two attached hydrogens (primary N) is 1. The van der Waals surface area contributed by atoms with Crippen molar-refractivity contribution >= 4 is 11.5 Å². The van der Waals surface area contributed by atoms with Crippen LogP contribution in [0.15, 0.2) is 30.6 Å². The average Bonchev–Trinajstić information content (AvgIpc) is 2.76. The Hall–Kier alpha value is -2.10. The number of nitrogens with zero attached hydrogens (tertiary/aromatic N) is 2. The van der Waals surface area contributed by atoms with Crippen LogP contribution in [-0.2, 0) is 6.54 Å². The number of ketones is 1. The molecule has 1 aromatic carbocycles. The number of imidazole rings is 1. The van der Waals surface area contributed by atoms with Gasteiger partial charge in [-0.3, -0.25) is 4.79 Å². The summed E-state index contributed by atoms with van der Waals surface area (Å²) in [6, 6.07) is 5.29. The van der Waals surface area contributed by atoms with Crippen molar-refractivity contribution < 1.29 is 4.79 Å². The SMILES string of the molecule is CCn1ccnc1C(=O)c1ccc(N)cc1C. The van der Waals surface area contributed by atoms with Crippen LogP contribution < -0.4 is 5.73 Å². The van der Waals surface area contributed by atoms with Gasteiger partial charge in [0.05, 0.1) is 0 Å². The molecule has 0 saturated heterocycles. The van der Waals surface area contributed by atoms with Gasteiger partial charge in [0.25, 0.3) is 0 Å². The number of aromatic nitrogens is 2. The van der Waals surface area contributed by atoms with Gasteiger partial charge in [-0.25, -0.2) is 4.98 Å². The standard InChI is InChI=1S/C13H15N3O/c1-3-16-7-6-15-13(16)12(17)11-5-4-10(14)8-9(11)2/h4-8H,3,14H2,1-2H3. The van der Waals surface area contributed by atoms with Crippen LogP contribution >= 0.6 is 0 Å². The van der Waals surface area contributed by atoms with Crippen LogP contribution in [0.2, 0.25) is 0 Å². The predicted molar refractivity (Wildman–Crippen MR) is 66.9 cm³/mol. The van der Waals surface area contributed by atoms with Gasteiger partial charge in [0.1, 0.15) is 0 Å². The Bertz CT molecular complexity index is 558. The molecule has 0 aliphatic heterocycles. The third-order valence-corrected chi connectivity index (χ3v) is 2.75. The van der Waals surface area contributed by atoms with Gasteiger partial charge < -0.3 is 10.3 Å². The van der Waals surface area contributed by atoms with Crippen LogP contribution in [0, 0.1) is 6.92 Å². The molecule has 2 aromatic rings. The molecule has 2 N–H and O–H groups in total. The molecule has 0 atom stereocenters. The zero-order valence-electron chi connectivity index (χ0n) is 9.97. The summed E-state index contributed by atoms with van der Waals surface area (Å²) in [5.74, 6) is 0.412. The molecule has 0 unspecified atom stereocenters. The van der Waals surface area contributed by atoms with Crippen molar-refractivity contribution in [3.63, 3.8) is 0 Å². The van der Waals surface area contributed by atoms with Crippen LogP contribution in [0.4, 0.5) is 5.69 Å². The van der Waals surface area contributed by atoms with E-state index < -0.39 is 0 Å². The molecule has 2 rings (SSSR count). The Morgan fingerprint density at radius 2 is 2.24 bits per heavy atom. The van der Waals surface area contributed by atoms with Crippen LogP contribution in [0.1, 0.15) is 28.7 Å². The second-order valence-electron chi connectivity index (χ2n) is 3.94. The molecular weight excluding hydrogens is 214 g/mol. The fourth-order valence-corrected chi connectivity index (χ4v) is 1.84. The van der Waals surface area contributed by atoms with Gasteiger partial charge in [0, 0.05) is 30.2 Å². The van der Waals surface area contributed by atoms with Gasteiger partial charge in [0.15, 0.2) is 5.82 Å². The minimum absolute atomic E-state index is 0.0608. The normalized spacial score (nSPS) is 10.5. The molecule has 1 aromatic heterocycles. The highest BCUT2D eigenvalue weighted by molar-refractivity contribution is 6.07. The number of anilines is 1. The zero-order chi connectivity index (χ0) is 12.4. The van der Waals surface area contributed by atoms with Crippen molar-refractivity contribution in [2.45, 2.75) is 20.4 Å². The lowest BCUT2D eigenvalue weighted by atomic mass is 10.0. The summed E-state index contributed by atoms with van der Waals surface area (Å²) in [4.78, 5) is 16.4. The highest BCUT2D eigenvalue weighted by Gasteiger charge is 2.16. The summed E-state index contributed by atoms with van der Waals surface area (Å²) >= 11 is 0. The summed E-state index contributed by atoms with van der Waals surface area (Å²) in [7, 11) is 0. The molecule has 0 saturated carbocycles. The van der Waals surface area contributed by atoms with E-state index in [1.165, 1.54) is 0 Å². The summed E-state index contributed by atoms with van der Waals surface area (Å²) in [6.45, 7) is 4.59. The molecule has 0 bridgehead atoms. The lowest BCUT2D eigenvalue weighted by Gasteiger charge is -2.07. The van der Waals surface area contributed by atoms with E-state index >= 15 is 0 Å². The number of aryl methyl sites for hydroxylation is 2. The largest absolute Gasteiger partial charge is 0.399 e. The molecule has 88 valence electrons. The van der Waals surface area contributed by atoms with Crippen molar-refractivity contribution in [1.82, 2.24) is 9.55 Å². The average molecular weight is 229 g/mol. The van der Waals surface area contributed by atoms with Crippen molar-refractivity contribution in [3.8, 4) is 0 Å². The number of carbonyl (C=O) groups excluding carboxylic acids is 1. The number of hydrogen-bond donors (Lipinski definition) is 1. The Balaban J connectivity index is 2.44. The molecule has 0 aliphatic carbocycles.